The molecule has 0 spiro atoms. The van der Waals surface area contributed by atoms with Gasteiger partial charge in [0.1, 0.15) is 5.82 Å². The lowest BCUT2D eigenvalue weighted by Gasteiger charge is -2.38. The molecule has 3 aromatic carbocycles. The molecule has 3 N–H and O–H groups in total. The number of hydrogen-bond donors (Lipinski definition) is 3. The zero-order valence-corrected chi connectivity index (χ0v) is 21.0. The Balaban J connectivity index is 1.44. The van der Waals surface area contributed by atoms with Crippen LogP contribution in [0.2, 0.25) is 0 Å². The standard InChI is InChI=1S/C28H26N4O4S/c1-37(35,36)23-14-12-21(13-15-23)29-25-18-24(19-6-3-2-4-7-19)31-27(32-25)30-22-10-8-20(9-11-22)28(26(33)34)16-5-17-28/h2-4,6-15,18H,5,16-17H2,1H3,(H,33,34)(H2,29,30,31,32). The number of nitrogens with zero attached hydrogens (tertiary/aromatic N) is 2. The molecule has 1 aliphatic carbocycles. The number of carboxylic acids is 1. The van der Waals surface area contributed by atoms with E-state index in [1.807, 2.05) is 60.7 Å². The van der Waals surface area contributed by atoms with E-state index < -0.39 is 21.2 Å². The van der Waals surface area contributed by atoms with Crippen molar-refractivity contribution in [1.29, 1.82) is 0 Å². The Morgan fingerprint density at radius 3 is 2.05 bits per heavy atom. The van der Waals surface area contributed by atoms with Crippen molar-refractivity contribution in [2.45, 2.75) is 29.6 Å². The van der Waals surface area contributed by atoms with Crippen LogP contribution in [-0.2, 0) is 20.0 Å². The number of nitrogens with one attached hydrogen (secondary N) is 2. The van der Waals surface area contributed by atoms with Crippen molar-refractivity contribution >= 4 is 38.9 Å². The first-order valence-corrected chi connectivity index (χ1v) is 13.7. The summed E-state index contributed by atoms with van der Waals surface area (Å²) in [5, 5.41) is 16.2. The predicted molar refractivity (Wildman–Crippen MR) is 143 cm³/mol. The highest BCUT2D eigenvalue weighted by molar-refractivity contribution is 7.90. The molecule has 1 aliphatic rings. The molecule has 1 saturated carbocycles. The lowest BCUT2D eigenvalue weighted by molar-refractivity contribution is -0.147. The van der Waals surface area contributed by atoms with Crippen molar-refractivity contribution in [2.75, 3.05) is 16.9 Å². The van der Waals surface area contributed by atoms with E-state index in [2.05, 4.69) is 20.6 Å². The normalized spacial score (nSPS) is 14.4. The first-order valence-electron chi connectivity index (χ1n) is 11.9. The van der Waals surface area contributed by atoms with Gasteiger partial charge in [0.15, 0.2) is 9.84 Å². The highest BCUT2D eigenvalue weighted by Gasteiger charge is 2.45. The van der Waals surface area contributed by atoms with E-state index >= 15 is 0 Å². The van der Waals surface area contributed by atoms with Gasteiger partial charge < -0.3 is 15.7 Å². The summed E-state index contributed by atoms with van der Waals surface area (Å²) < 4.78 is 23.5. The second kappa shape index (κ2) is 9.67. The van der Waals surface area contributed by atoms with Crippen LogP contribution in [-0.4, -0.2) is 35.7 Å². The van der Waals surface area contributed by atoms with Crippen LogP contribution in [0, 0.1) is 0 Å². The molecular weight excluding hydrogens is 488 g/mol. The van der Waals surface area contributed by atoms with Gasteiger partial charge in [0.05, 0.1) is 16.0 Å². The maximum absolute atomic E-state index is 11.8. The summed E-state index contributed by atoms with van der Waals surface area (Å²) in [6.45, 7) is 0. The van der Waals surface area contributed by atoms with Gasteiger partial charge in [-0.3, -0.25) is 4.79 Å². The van der Waals surface area contributed by atoms with Gasteiger partial charge in [-0.05, 0) is 54.8 Å². The third-order valence-electron chi connectivity index (χ3n) is 6.66. The molecule has 0 bridgehead atoms. The summed E-state index contributed by atoms with van der Waals surface area (Å²) in [6, 6.07) is 25.4. The number of sulfone groups is 1. The van der Waals surface area contributed by atoms with Crippen LogP contribution in [0.1, 0.15) is 24.8 Å². The number of anilines is 4. The minimum Gasteiger partial charge on any atom is -0.481 e. The predicted octanol–water partition coefficient (Wildman–Crippen LogP) is 5.54. The van der Waals surface area contributed by atoms with Gasteiger partial charge in [-0.1, -0.05) is 48.9 Å². The van der Waals surface area contributed by atoms with Crippen molar-refractivity contribution in [3.8, 4) is 11.3 Å². The summed E-state index contributed by atoms with van der Waals surface area (Å²) >= 11 is 0. The number of aliphatic carboxylic acids is 1. The molecule has 0 saturated heterocycles. The Kier molecular flexibility index (Phi) is 6.39. The molecule has 37 heavy (non-hydrogen) atoms. The lowest BCUT2D eigenvalue weighted by atomic mass is 9.64. The Bertz CT molecular complexity index is 1530. The number of aromatic nitrogens is 2. The molecule has 1 aromatic heterocycles. The highest BCUT2D eigenvalue weighted by atomic mass is 32.2. The Morgan fingerprint density at radius 2 is 1.49 bits per heavy atom. The van der Waals surface area contributed by atoms with E-state index in [9.17, 15) is 18.3 Å². The van der Waals surface area contributed by atoms with Gasteiger partial charge in [0, 0.05) is 29.3 Å². The first-order chi connectivity index (χ1) is 17.7. The number of hydrogen-bond acceptors (Lipinski definition) is 7. The van der Waals surface area contributed by atoms with Crippen LogP contribution >= 0.6 is 0 Å². The van der Waals surface area contributed by atoms with Crippen molar-refractivity contribution < 1.29 is 18.3 Å². The maximum atomic E-state index is 11.8. The van der Waals surface area contributed by atoms with E-state index in [1.54, 1.807) is 24.3 Å². The fourth-order valence-corrected chi connectivity index (χ4v) is 5.05. The number of carboxylic acid groups (broad SMARTS) is 1. The van der Waals surface area contributed by atoms with Crippen LogP contribution < -0.4 is 10.6 Å². The van der Waals surface area contributed by atoms with Crippen molar-refractivity contribution in [1.82, 2.24) is 9.97 Å². The molecule has 0 amide bonds. The topological polar surface area (TPSA) is 121 Å². The minimum atomic E-state index is -3.29. The molecule has 1 fully saturated rings. The van der Waals surface area contributed by atoms with Gasteiger partial charge >= 0.3 is 5.97 Å². The smallest absolute Gasteiger partial charge is 0.314 e. The molecule has 5 rings (SSSR count). The van der Waals surface area contributed by atoms with Crippen LogP contribution in [0.3, 0.4) is 0 Å². The first kappa shape index (κ1) is 24.5. The molecule has 9 heteroatoms. The Hall–Kier alpha value is -4.24. The van der Waals surface area contributed by atoms with Crippen LogP contribution in [0.15, 0.2) is 89.8 Å². The molecule has 0 radical (unpaired) electrons. The Morgan fingerprint density at radius 1 is 0.865 bits per heavy atom. The maximum Gasteiger partial charge on any atom is 0.314 e. The molecular formula is C28H26N4O4S. The molecule has 8 nitrogen and oxygen atoms in total. The molecule has 1 heterocycles. The number of rotatable bonds is 8. The molecule has 0 unspecified atom stereocenters. The number of benzene rings is 3. The van der Waals surface area contributed by atoms with Crippen LogP contribution in [0.25, 0.3) is 11.3 Å². The quantitative estimate of drug-likeness (QED) is 0.280. The minimum absolute atomic E-state index is 0.239. The summed E-state index contributed by atoms with van der Waals surface area (Å²) in [5.74, 6) is 0.110. The Labute approximate surface area is 215 Å². The molecule has 188 valence electrons. The third-order valence-corrected chi connectivity index (χ3v) is 7.79. The zero-order chi connectivity index (χ0) is 26.0. The monoisotopic (exact) mass is 514 g/mol. The number of carbonyl (C=O) groups is 1. The van der Waals surface area contributed by atoms with E-state index in [0.717, 1.165) is 23.2 Å². The van der Waals surface area contributed by atoms with Gasteiger partial charge in [-0.15, -0.1) is 0 Å². The second-order valence-corrected chi connectivity index (χ2v) is 11.2. The highest BCUT2D eigenvalue weighted by Crippen LogP contribution is 2.44. The van der Waals surface area contributed by atoms with Crippen LogP contribution in [0.4, 0.5) is 23.1 Å². The van der Waals surface area contributed by atoms with E-state index in [4.69, 9.17) is 0 Å². The molecule has 0 atom stereocenters. The van der Waals surface area contributed by atoms with Gasteiger partial charge in [-0.2, -0.15) is 4.98 Å². The molecule has 4 aromatic rings. The summed E-state index contributed by atoms with van der Waals surface area (Å²) in [4.78, 5) is 21.4. The van der Waals surface area contributed by atoms with Crippen molar-refractivity contribution in [2.24, 2.45) is 0 Å². The van der Waals surface area contributed by atoms with Crippen LogP contribution in [0.5, 0.6) is 0 Å². The second-order valence-electron chi connectivity index (χ2n) is 9.19. The summed E-state index contributed by atoms with van der Waals surface area (Å²) in [7, 11) is -3.29. The summed E-state index contributed by atoms with van der Waals surface area (Å²) in [6.07, 6.45) is 3.39. The fraction of sp³-hybridized carbons (Fsp3) is 0.179. The zero-order valence-electron chi connectivity index (χ0n) is 20.2. The SMILES string of the molecule is CS(=O)(=O)c1ccc(Nc2cc(-c3ccccc3)nc(Nc3ccc(C4(C(=O)O)CCC4)cc3)n2)cc1. The largest absolute Gasteiger partial charge is 0.481 e. The fourth-order valence-electron chi connectivity index (χ4n) is 4.42. The van der Waals surface area contributed by atoms with Crippen molar-refractivity contribution in [3.05, 3.63) is 90.5 Å². The van der Waals surface area contributed by atoms with Gasteiger partial charge in [-0.25, -0.2) is 13.4 Å². The van der Waals surface area contributed by atoms with Gasteiger partial charge in [0.2, 0.25) is 5.95 Å². The average molecular weight is 515 g/mol. The lowest BCUT2D eigenvalue weighted by Crippen LogP contribution is -2.42. The third kappa shape index (κ3) is 5.17. The van der Waals surface area contributed by atoms with Gasteiger partial charge in [0.25, 0.3) is 0 Å². The van der Waals surface area contributed by atoms with Crippen molar-refractivity contribution in [3.63, 3.8) is 0 Å². The summed E-state index contributed by atoms with van der Waals surface area (Å²) in [5.41, 5.74) is 3.04. The molecule has 0 aliphatic heterocycles. The average Bonchev–Trinajstić information content (AvgIpc) is 2.84. The van der Waals surface area contributed by atoms with E-state index in [0.29, 0.717) is 36.0 Å². The van der Waals surface area contributed by atoms with E-state index in [1.165, 1.54) is 6.26 Å². The van der Waals surface area contributed by atoms with E-state index in [-0.39, 0.29) is 4.90 Å².